The van der Waals surface area contributed by atoms with E-state index in [-0.39, 0.29) is 12.2 Å². The van der Waals surface area contributed by atoms with Gasteiger partial charge in [-0.05, 0) is 42.8 Å². The molecule has 4 aromatic heterocycles. The van der Waals surface area contributed by atoms with Gasteiger partial charge in [0.05, 0.1) is 37.8 Å². The van der Waals surface area contributed by atoms with Gasteiger partial charge in [0.2, 0.25) is 0 Å². The Morgan fingerprint density at radius 2 is 1.92 bits per heavy atom. The van der Waals surface area contributed by atoms with Crippen molar-refractivity contribution in [1.29, 1.82) is 0 Å². The summed E-state index contributed by atoms with van der Waals surface area (Å²) in [7, 11) is 1.64. The number of carbonyl (C=O) groups is 2. The molecule has 0 spiro atoms. The van der Waals surface area contributed by atoms with Crippen LogP contribution >= 0.6 is 0 Å². The van der Waals surface area contributed by atoms with E-state index in [4.69, 9.17) is 30.2 Å². The van der Waals surface area contributed by atoms with Gasteiger partial charge in [-0.1, -0.05) is 6.07 Å². The molecular formula is C26H28N6O5. The Kier molecular flexibility index (Phi) is 9.94. The molecule has 4 aromatic rings. The second kappa shape index (κ2) is 13.6. The number of pyridine rings is 3. The molecule has 0 atom stereocenters. The van der Waals surface area contributed by atoms with Crippen LogP contribution in [0.2, 0.25) is 0 Å². The zero-order chi connectivity index (χ0) is 26.6. The molecule has 0 aliphatic heterocycles. The van der Waals surface area contributed by atoms with E-state index in [1.165, 1.54) is 0 Å². The van der Waals surface area contributed by atoms with Crippen LogP contribution < -0.4 is 5.73 Å². The van der Waals surface area contributed by atoms with E-state index in [1.54, 1.807) is 31.8 Å². The third-order valence-corrected chi connectivity index (χ3v) is 5.15. The van der Waals surface area contributed by atoms with Crippen LogP contribution in [0.3, 0.4) is 0 Å². The molecule has 37 heavy (non-hydrogen) atoms. The lowest BCUT2D eigenvalue weighted by Gasteiger charge is -2.11. The average Bonchev–Trinajstić information content (AvgIpc) is 3.33. The van der Waals surface area contributed by atoms with Crippen molar-refractivity contribution in [3.8, 4) is 33.8 Å². The van der Waals surface area contributed by atoms with E-state index in [2.05, 4.69) is 15.0 Å². The van der Waals surface area contributed by atoms with Crippen molar-refractivity contribution in [2.24, 2.45) is 5.73 Å². The minimum atomic E-state index is -0.595. The lowest BCUT2D eigenvalue weighted by Crippen LogP contribution is -2.13. The maximum atomic E-state index is 11.9. The van der Waals surface area contributed by atoms with Gasteiger partial charge in [-0.2, -0.15) is 5.10 Å². The molecule has 4 rings (SSSR count). The number of hydrogen-bond acceptors (Lipinski definition) is 8. The van der Waals surface area contributed by atoms with Crippen LogP contribution in [0.1, 0.15) is 16.1 Å². The van der Waals surface area contributed by atoms with E-state index >= 15 is 0 Å². The summed E-state index contributed by atoms with van der Waals surface area (Å²) < 4.78 is 12.5. The normalized spacial score (nSPS) is 10.4. The molecule has 4 heterocycles. The van der Waals surface area contributed by atoms with Crippen LogP contribution in [0.5, 0.6) is 0 Å². The molecule has 0 bridgehead atoms. The fourth-order valence-corrected chi connectivity index (χ4v) is 3.55. The minimum absolute atomic E-state index is 0.179. The van der Waals surface area contributed by atoms with Crippen LogP contribution in [0.4, 0.5) is 0 Å². The number of primary amides is 1. The van der Waals surface area contributed by atoms with Crippen molar-refractivity contribution in [1.82, 2.24) is 24.7 Å². The predicted octanol–water partition coefficient (Wildman–Crippen LogP) is 2.84. The first-order valence-corrected chi connectivity index (χ1v) is 11.3. The Bertz CT molecular complexity index is 1330. The van der Waals surface area contributed by atoms with E-state index in [9.17, 15) is 4.79 Å². The summed E-state index contributed by atoms with van der Waals surface area (Å²) in [4.78, 5) is 33.6. The largest absolute Gasteiger partial charge is 0.483 e. The van der Waals surface area contributed by atoms with Crippen LogP contribution in [-0.2, 0) is 20.8 Å². The summed E-state index contributed by atoms with van der Waals surface area (Å²) in [6, 6.07) is 11.1. The smallest absolute Gasteiger partial charge is 0.290 e. The molecule has 3 N–H and O–H groups in total. The number of amides is 1. The Hall–Kier alpha value is -4.48. The van der Waals surface area contributed by atoms with Gasteiger partial charge in [0.25, 0.3) is 12.4 Å². The van der Waals surface area contributed by atoms with Crippen molar-refractivity contribution in [2.75, 3.05) is 26.9 Å². The number of carbonyl (C=O) groups excluding carboxylic acids is 1. The number of hydrogen-bond donors (Lipinski definition) is 2. The summed E-state index contributed by atoms with van der Waals surface area (Å²) in [6.45, 7) is 3.79. The zero-order valence-corrected chi connectivity index (χ0v) is 20.6. The van der Waals surface area contributed by atoms with Crippen LogP contribution in [0, 0.1) is 6.92 Å². The molecule has 1 amide bonds. The maximum absolute atomic E-state index is 11.9. The van der Waals surface area contributed by atoms with Gasteiger partial charge in [-0.15, -0.1) is 0 Å². The highest BCUT2D eigenvalue weighted by Crippen LogP contribution is 2.36. The van der Waals surface area contributed by atoms with Gasteiger partial charge >= 0.3 is 0 Å². The standard InChI is InChI=1S/C25H26N6O3.CH2O2/c1-17-13-18(15-27-14-17)23-19(6-7-22(29-23)25(26)32)20-16-31(9-10-34-12-11-33-2)30-24(20)21-5-3-4-8-28-21;2-1-3/h3-8,13-16H,9-12H2,1-2H3,(H2,26,32);1H,(H,2,3). The van der Waals surface area contributed by atoms with Crippen molar-refractivity contribution in [2.45, 2.75) is 13.5 Å². The SMILES string of the molecule is COCCOCCn1cc(-c2ccc(C(N)=O)nc2-c2cncc(C)c2)c(-c2ccccn2)n1.O=CO. The molecule has 11 heteroatoms. The van der Waals surface area contributed by atoms with Crippen LogP contribution in [0.25, 0.3) is 33.8 Å². The number of aromatic nitrogens is 5. The molecule has 0 saturated carbocycles. The quantitative estimate of drug-likeness (QED) is 0.245. The molecular weight excluding hydrogens is 476 g/mol. The van der Waals surface area contributed by atoms with Crippen molar-refractivity contribution >= 4 is 12.4 Å². The number of ether oxygens (including phenoxy) is 2. The monoisotopic (exact) mass is 504 g/mol. The molecule has 0 aliphatic rings. The van der Waals surface area contributed by atoms with Crippen molar-refractivity contribution in [3.63, 3.8) is 0 Å². The van der Waals surface area contributed by atoms with Crippen LogP contribution in [-0.4, -0.2) is 69.1 Å². The third-order valence-electron chi connectivity index (χ3n) is 5.15. The number of methoxy groups -OCH3 is 1. The predicted molar refractivity (Wildman–Crippen MR) is 137 cm³/mol. The fraction of sp³-hybridized carbons (Fsp3) is 0.231. The summed E-state index contributed by atoms with van der Waals surface area (Å²) in [5.41, 5.74) is 11.1. The first-order valence-electron chi connectivity index (χ1n) is 11.3. The molecule has 0 radical (unpaired) electrons. The highest BCUT2D eigenvalue weighted by molar-refractivity contribution is 5.94. The lowest BCUT2D eigenvalue weighted by atomic mass is 9.98. The van der Waals surface area contributed by atoms with Crippen LogP contribution in [0.15, 0.2) is 61.2 Å². The van der Waals surface area contributed by atoms with Crippen molar-refractivity contribution in [3.05, 3.63) is 72.4 Å². The Morgan fingerprint density at radius 3 is 2.59 bits per heavy atom. The van der Waals surface area contributed by atoms with Crippen molar-refractivity contribution < 1.29 is 24.2 Å². The van der Waals surface area contributed by atoms with E-state index in [0.29, 0.717) is 37.8 Å². The highest BCUT2D eigenvalue weighted by Gasteiger charge is 2.20. The topological polar surface area (TPSA) is 155 Å². The fourth-order valence-electron chi connectivity index (χ4n) is 3.55. The highest BCUT2D eigenvalue weighted by atomic mass is 16.5. The Labute approximate surface area is 213 Å². The van der Waals surface area contributed by atoms with Gasteiger partial charge in [0.1, 0.15) is 11.4 Å². The van der Waals surface area contributed by atoms with E-state index < -0.39 is 5.91 Å². The summed E-state index contributed by atoms with van der Waals surface area (Å²) >= 11 is 0. The second-order valence-electron chi connectivity index (χ2n) is 7.79. The molecule has 0 fully saturated rings. The van der Waals surface area contributed by atoms with Gasteiger partial charge in [0.15, 0.2) is 0 Å². The number of nitrogens with zero attached hydrogens (tertiary/aromatic N) is 5. The lowest BCUT2D eigenvalue weighted by molar-refractivity contribution is -0.122. The minimum Gasteiger partial charge on any atom is -0.483 e. The first-order chi connectivity index (χ1) is 18.0. The number of nitrogens with two attached hydrogens (primary N) is 1. The summed E-state index contributed by atoms with van der Waals surface area (Å²) in [5, 5.41) is 11.7. The first kappa shape index (κ1) is 27.1. The number of aryl methyl sites for hydroxylation is 1. The second-order valence-corrected chi connectivity index (χ2v) is 7.79. The number of rotatable bonds is 10. The molecule has 0 saturated heterocycles. The number of carboxylic acid groups (broad SMARTS) is 1. The van der Waals surface area contributed by atoms with Gasteiger partial charge < -0.3 is 20.3 Å². The summed E-state index contributed by atoms with van der Waals surface area (Å²) in [6.07, 6.45) is 7.16. The van der Waals surface area contributed by atoms with Gasteiger partial charge in [-0.25, -0.2) is 4.98 Å². The Morgan fingerprint density at radius 1 is 1.11 bits per heavy atom. The van der Waals surface area contributed by atoms with E-state index in [0.717, 1.165) is 27.9 Å². The molecule has 11 nitrogen and oxygen atoms in total. The third kappa shape index (κ3) is 7.26. The molecule has 0 aliphatic carbocycles. The average molecular weight is 505 g/mol. The zero-order valence-electron chi connectivity index (χ0n) is 20.6. The Balaban J connectivity index is 0.00000121. The summed E-state index contributed by atoms with van der Waals surface area (Å²) in [5.74, 6) is -0.595. The van der Waals surface area contributed by atoms with Gasteiger partial charge in [-0.3, -0.25) is 24.2 Å². The molecule has 0 unspecified atom stereocenters. The van der Waals surface area contributed by atoms with Gasteiger partial charge in [0, 0.05) is 48.6 Å². The molecule has 192 valence electrons. The maximum Gasteiger partial charge on any atom is 0.290 e. The molecule has 0 aromatic carbocycles. The van der Waals surface area contributed by atoms with E-state index in [1.807, 2.05) is 48.1 Å².